The molecule has 0 bridgehead atoms. The Kier molecular flexibility index (Phi) is 5.39. The summed E-state index contributed by atoms with van der Waals surface area (Å²) >= 11 is 7.45. The number of halogens is 1. The van der Waals surface area contributed by atoms with E-state index in [1.807, 2.05) is 12.1 Å². The van der Waals surface area contributed by atoms with Crippen molar-refractivity contribution in [1.29, 1.82) is 0 Å². The lowest BCUT2D eigenvalue weighted by Gasteiger charge is -2.02. The van der Waals surface area contributed by atoms with Crippen molar-refractivity contribution < 1.29 is 19.1 Å². The lowest BCUT2D eigenvalue weighted by Crippen LogP contribution is -2.18. The molecule has 3 aromatic rings. The summed E-state index contributed by atoms with van der Waals surface area (Å²) < 4.78 is 5.09. The van der Waals surface area contributed by atoms with Crippen LogP contribution in [0.4, 0.5) is 0 Å². The van der Waals surface area contributed by atoms with Crippen LogP contribution >= 0.6 is 22.9 Å². The maximum Gasteiger partial charge on any atom is 0.356 e. The highest BCUT2D eigenvalue weighted by Gasteiger charge is 2.19. The van der Waals surface area contributed by atoms with Crippen LogP contribution in [0.3, 0.4) is 0 Å². The molecule has 2 N–H and O–H groups in total. The number of ketones is 1. The third kappa shape index (κ3) is 3.95. The van der Waals surface area contributed by atoms with E-state index >= 15 is 0 Å². The van der Waals surface area contributed by atoms with Gasteiger partial charge in [-0.15, -0.1) is 11.3 Å². The predicted octanol–water partition coefficient (Wildman–Crippen LogP) is 3.56. The lowest BCUT2D eigenvalue weighted by molar-refractivity contribution is -0.119. The van der Waals surface area contributed by atoms with Gasteiger partial charge in [-0.05, 0) is 18.2 Å². The van der Waals surface area contributed by atoms with Crippen molar-refractivity contribution in [2.45, 2.75) is 13.5 Å². The van der Waals surface area contributed by atoms with Crippen molar-refractivity contribution in [3.63, 3.8) is 0 Å². The van der Waals surface area contributed by atoms with Gasteiger partial charge in [0.15, 0.2) is 6.61 Å². The fourth-order valence-electron chi connectivity index (χ4n) is 2.36. The number of amides is 1. The molecular formula is C18H15ClN2O4S. The molecule has 0 saturated carbocycles. The summed E-state index contributed by atoms with van der Waals surface area (Å²) in [6.45, 7) is 1.40. The maximum absolute atomic E-state index is 12.2. The van der Waals surface area contributed by atoms with Crippen LogP contribution in [0.1, 0.15) is 32.0 Å². The molecule has 0 unspecified atom stereocenters. The van der Waals surface area contributed by atoms with E-state index in [4.69, 9.17) is 16.3 Å². The number of fused-ring (bicyclic) bond motifs is 1. The van der Waals surface area contributed by atoms with Gasteiger partial charge in [-0.25, -0.2) is 4.79 Å². The fraction of sp³-hybridized carbons (Fsp3) is 0.167. The zero-order valence-electron chi connectivity index (χ0n) is 13.8. The average molecular weight is 391 g/mol. The summed E-state index contributed by atoms with van der Waals surface area (Å²) in [4.78, 5) is 39.5. The van der Waals surface area contributed by atoms with Gasteiger partial charge in [0.2, 0.25) is 11.7 Å². The first-order valence-electron chi connectivity index (χ1n) is 7.75. The highest BCUT2D eigenvalue weighted by Crippen LogP contribution is 2.27. The SMILES string of the molecule is CC(=O)NCc1ccc(C(=O)COC(=O)c2[nH]c3ccccc3c2Cl)s1. The number of H-pyrrole nitrogens is 1. The lowest BCUT2D eigenvalue weighted by atomic mass is 10.2. The van der Waals surface area contributed by atoms with E-state index in [0.29, 0.717) is 16.8 Å². The Morgan fingerprint density at radius 3 is 2.69 bits per heavy atom. The Morgan fingerprint density at radius 2 is 1.96 bits per heavy atom. The number of aromatic nitrogens is 1. The highest BCUT2D eigenvalue weighted by molar-refractivity contribution is 7.14. The summed E-state index contributed by atoms with van der Waals surface area (Å²) in [5.74, 6) is -1.14. The molecule has 3 rings (SSSR count). The highest BCUT2D eigenvalue weighted by atomic mass is 35.5. The van der Waals surface area contributed by atoms with Gasteiger partial charge in [-0.2, -0.15) is 0 Å². The molecule has 134 valence electrons. The van der Waals surface area contributed by atoms with Gasteiger partial charge < -0.3 is 15.0 Å². The molecule has 2 heterocycles. The first-order chi connectivity index (χ1) is 12.5. The normalized spacial score (nSPS) is 10.7. The Balaban J connectivity index is 1.62. The molecule has 0 aliphatic heterocycles. The summed E-state index contributed by atoms with van der Waals surface area (Å²) in [5.41, 5.74) is 0.842. The molecule has 1 amide bonds. The van der Waals surface area contributed by atoms with E-state index in [1.165, 1.54) is 18.3 Å². The van der Waals surface area contributed by atoms with Crippen LogP contribution in [0.2, 0.25) is 5.02 Å². The van der Waals surface area contributed by atoms with Gasteiger partial charge >= 0.3 is 5.97 Å². The van der Waals surface area contributed by atoms with Crippen molar-refractivity contribution in [1.82, 2.24) is 10.3 Å². The van der Waals surface area contributed by atoms with Crippen LogP contribution in [-0.2, 0) is 16.1 Å². The van der Waals surface area contributed by atoms with E-state index < -0.39 is 5.97 Å². The second-order valence-electron chi connectivity index (χ2n) is 5.53. The fourth-order valence-corrected chi connectivity index (χ4v) is 3.52. The number of esters is 1. The Morgan fingerprint density at radius 1 is 1.19 bits per heavy atom. The number of hydrogen-bond donors (Lipinski definition) is 2. The van der Waals surface area contributed by atoms with E-state index in [2.05, 4.69) is 10.3 Å². The number of ether oxygens (including phenoxy) is 1. The summed E-state index contributed by atoms with van der Waals surface area (Å²) in [6, 6.07) is 10.6. The molecule has 2 aromatic heterocycles. The van der Waals surface area contributed by atoms with Gasteiger partial charge in [0.1, 0.15) is 5.69 Å². The minimum atomic E-state index is -0.686. The van der Waals surface area contributed by atoms with Crippen LogP contribution in [0.15, 0.2) is 36.4 Å². The number of aromatic amines is 1. The minimum absolute atomic E-state index is 0.123. The molecule has 0 aliphatic rings. The third-order valence-electron chi connectivity index (χ3n) is 3.63. The standard InChI is InChI=1S/C18H15ClN2O4S/c1-10(22)20-8-11-6-7-15(26-11)14(23)9-25-18(24)17-16(19)12-4-2-3-5-13(12)21-17/h2-7,21H,8-9H2,1H3,(H,20,22). The number of nitrogens with one attached hydrogen (secondary N) is 2. The first kappa shape index (κ1) is 18.2. The van der Waals surface area contributed by atoms with Crippen molar-refractivity contribution in [3.8, 4) is 0 Å². The van der Waals surface area contributed by atoms with Gasteiger partial charge in [0.25, 0.3) is 0 Å². The van der Waals surface area contributed by atoms with Gasteiger partial charge in [-0.3, -0.25) is 9.59 Å². The average Bonchev–Trinajstić information content (AvgIpc) is 3.23. The minimum Gasteiger partial charge on any atom is -0.453 e. The molecule has 0 spiro atoms. The number of benzene rings is 1. The van der Waals surface area contributed by atoms with Crippen molar-refractivity contribution in [3.05, 3.63) is 56.9 Å². The van der Waals surface area contributed by atoms with Crippen LogP contribution in [0, 0.1) is 0 Å². The molecule has 1 aromatic carbocycles. The molecular weight excluding hydrogens is 376 g/mol. The summed E-state index contributed by atoms with van der Waals surface area (Å²) in [7, 11) is 0. The molecule has 8 heteroatoms. The number of hydrogen-bond acceptors (Lipinski definition) is 5. The number of Topliss-reactive ketones (excluding diaryl/α,β-unsaturated/α-hetero) is 1. The van der Waals surface area contributed by atoms with E-state index in [1.54, 1.807) is 24.3 Å². The third-order valence-corrected chi connectivity index (χ3v) is 5.15. The smallest absolute Gasteiger partial charge is 0.356 e. The molecule has 0 saturated heterocycles. The van der Waals surface area contributed by atoms with Crippen LogP contribution < -0.4 is 5.32 Å². The molecule has 0 atom stereocenters. The Hall–Kier alpha value is -2.64. The van der Waals surface area contributed by atoms with Gasteiger partial charge in [0.05, 0.1) is 16.4 Å². The second-order valence-corrected chi connectivity index (χ2v) is 7.08. The molecule has 26 heavy (non-hydrogen) atoms. The monoisotopic (exact) mass is 390 g/mol. The number of para-hydroxylation sites is 1. The molecule has 6 nitrogen and oxygen atoms in total. The quantitative estimate of drug-likeness (QED) is 0.497. The number of carbonyl (C=O) groups excluding carboxylic acids is 3. The summed E-state index contributed by atoms with van der Waals surface area (Å²) in [6.07, 6.45) is 0. The van der Waals surface area contributed by atoms with Gasteiger partial charge in [0, 0.05) is 22.7 Å². The predicted molar refractivity (Wildman–Crippen MR) is 99.8 cm³/mol. The number of rotatable bonds is 6. The number of carbonyl (C=O) groups is 3. The number of thiophene rings is 1. The Labute approximate surface area is 158 Å². The van der Waals surface area contributed by atoms with Crippen molar-refractivity contribution in [2.24, 2.45) is 0 Å². The molecule has 0 radical (unpaired) electrons. The van der Waals surface area contributed by atoms with E-state index in [-0.39, 0.29) is 29.0 Å². The summed E-state index contributed by atoms with van der Waals surface area (Å²) in [5, 5.41) is 3.65. The van der Waals surface area contributed by atoms with E-state index in [9.17, 15) is 14.4 Å². The van der Waals surface area contributed by atoms with Crippen LogP contribution in [-0.4, -0.2) is 29.3 Å². The van der Waals surface area contributed by atoms with Crippen LogP contribution in [0.5, 0.6) is 0 Å². The second kappa shape index (κ2) is 7.72. The maximum atomic E-state index is 12.2. The zero-order chi connectivity index (χ0) is 18.7. The first-order valence-corrected chi connectivity index (χ1v) is 8.95. The Bertz CT molecular complexity index is 992. The van der Waals surface area contributed by atoms with Gasteiger partial charge in [-0.1, -0.05) is 29.8 Å². The topological polar surface area (TPSA) is 88.3 Å². The zero-order valence-corrected chi connectivity index (χ0v) is 15.4. The van der Waals surface area contributed by atoms with E-state index in [0.717, 1.165) is 10.4 Å². The van der Waals surface area contributed by atoms with Crippen molar-refractivity contribution >= 4 is 51.5 Å². The molecule has 0 fully saturated rings. The largest absolute Gasteiger partial charge is 0.453 e. The molecule has 0 aliphatic carbocycles. The van der Waals surface area contributed by atoms with Crippen molar-refractivity contribution in [2.75, 3.05) is 6.61 Å². The van der Waals surface area contributed by atoms with Crippen LogP contribution in [0.25, 0.3) is 10.9 Å².